The third kappa shape index (κ3) is 6.91. The third-order valence-electron chi connectivity index (χ3n) is 5.47. The molecule has 174 valence electrons. The molecule has 2 aromatic carbocycles. The Morgan fingerprint density at radius 3 is 2.38 bits per heavy atom. The van der Waals surface area contributed by atoms with Crippen molar-refractivity contribution in [2.24, 2.45) is 4.99 Å². The highest BCUT2D eigenvalue weighted by Crippen LogP contribution is 2.24. The van der Waals surface area contributed by atoms with Gasteiger partial charge in [0, 0.05) is 26.2 Å². The third-order valence-corrected chi connectivity index (χ3v) is 5.47. The molecule has 1 saturated heterocycles. The lowest BCUT2D eigenvalue weighted by atomic mass is 10.0. The molecule has 0 spiro atoms. The van der Waals surface area contributed by atoms with E-state index in [0.29, 0.717) is 37.8 Å². The van der Waals surface area contributed by atoms with Gasteiger partial charge in [-0.25, -0.2) is 4.39 Å². The quantitative estimate of drug-likeness (QED) is 0.408. The van der Waals surface area contributed by atoms with Crippen LogP contribution in [0.5, 0.6) is 5.75 Å². The summed E-state index contributed by atoms with van der Waals surface area (Å²) in [6.07, 6.45) is -0.768. The van der Waals surface area contributed by atoms with Crippen molar-refractivity contribution in [3.05, 3.63) is 65.5 Å². The Labute approximate surface area is 189 Å². The number of rotatable bonds is 9. The van der Waals surface area contributed by atoms with Gasteiger partial charge in [-0.2, -0.15) is 0 Å². The Morgan fingerprint density at radius 1 is 1.09 bits per heavy atom. The molecule has 3 N–H and O–H groups in total. The number of hydrogen-bond donors (Lipinski definition) is 3. The number of guanidine groups is 1. The largest absolute Gasteiger partial charge is 0.497 e. The van der Waals surface area contributed by atoms with Crippen LogP contribution in [0.15, 0.2) is 53.5 Å². The molecule has 7 nitrogen and oxygen atoms in total. The molecule has 0 saturated carbocycles. The van der Waals surface area contributed by atoms with Crippen LogP contribution >= 0.6 is 0 Å². The molecule has 3 rings (SSSR count). The minimum absolute atomic E-state index is 0.0993. The molecule has 0 aromatic heterocycles. The highest BCUT2D eigenvalue weighted by Gasteiger charge is 2.23. The number of benzene rings is 2. The SMILES string of the molecule is CCNC(=NCC(c1ccc(OC)cc1)N1CCOCC1)NCC(O)c1ccc(F)cc1. The molecule has 2 unspecified atom stereocenters. The van der Waals surface area contributed by atoms with Crippen LogP contribution in [0.25, 0.3) is 0 Å². The molecule has 1 heterocycles. The van der Waals surface area contributed by atoms with E-state index in [1.54, 1.807) is 19.2 Å². The summed E-state index contributed by atoms with van der Waals surface area (Å²) in [7, 11) is 1.66. The van der Waals surface area contributed by atoms with Gasteiger partial charge in [0.25, 0.3) is 0 Å². The molecule has 2 aromatic rings. The lowest BCUT2D eigenvalue weighted by Crippen LogP contribution is -2.42. The summed E-state index contributed by atoms with van der Waals surface area (Å²) >= 11 is 0. The van der Waals surface area contributed by atoms with Gasteiger partial charge in [0.2, 0.25) is 0 Å². The van der Waals surface area contributed by atoms with Crippen molar-refractivity contribution in [1.82, 2.24) is 15.5 Å². The summed E-state index contributed by atoms with van der Waals surface area (Å²) in [5.74, 6) is 1.12. The van der Waals surface area contributed by atoms with Crippen molar-refractivity contribution < 1.29 is 19.0 Å². The van der Waals surface area contributed by atoms with Gasteiger partial charge in [0.15, 0.2) is 5.96 Å². The Kier molecular flexibility index (Phi) is 9.27. The summed E-state index contributed by atoms with van der Waals surface area (Å²) in [6, 6.07) is 14.1. The number of ether oxygens (including phenoxy) is 2. The zero-order valence-electron chi connectivity index (χ0n) is 18.8. The first kappa shape index (κ1) is 24.0. The molecule has 1 aliphatic rings. The number of nitrogens with zero attached hydrogens (tertiary/aromatic N) is 2. The molecule has 0 bridgehead atoms. The first-order chi connectivity index (χ1) is 15.6. The monoisotopic (exact) mass is 444 g/mol. The molecule has 0 aliphatic carbocycles. The van der Waals surface area contributed by atoms with Crippen LogP contribution in [0, 0.1) is 5.82 Å². The van der Waals surface area contributed by atoms with Crippen molar-refractivity contribution in [3.8, 4) is 5.75 Å². The molecular weight excluding hydrogens is 411 g/mol. The van der Waals surface area contributed by atoms with Crippen molar-refractivity contribution in [2.45, 2.75) is 19.1 Å². The van der Waals surface area contributed by atoms with E-state index < -0.39 is 6.10 Å². The number of nitrogens with one attached hydrogen (secondary N) is 2. The smallest absolute Gasteiger partial charge is 0.191 e. The zero-order chi connectivity index (χ0) is 22.8. The van der Waals surface area contributed by atoms with Crippen LogP contribution in [0.4, 0.5) is 4.39 Å². The number of aliphatic hydroxyl groups excluding tert-OH is 1. The van der Waals surface area contributed by atoms with Gasteiger partial charge in [0.05, 0.1) is 39.0 Å². The number of halogens is 1. The van der Waals surface area contributed by atoms with E-state index in [4.69, 9.17) is 14.5 Å². The maximum atomic E-state index is 13.1. The summed E-state index contributed by atoms with van der Waals surface area (Å²) in [6.45, 7) is 6.62. The number of aliphatic hydroxyl groups is 1. The first-order valence-corrected chi connectivity index (χ1v) is 11.0. The predicted molar refractivity (Wildman–Crippen MR) is 123 cm³/mol. The molecular formula is C24H33FN4O3. The molecule has 8 heteroatoms. The maximum Gasteiger partial charge on any atom is 0.191 e. The van der Waals surface area contributed by atoms with Gasteiger partial charge in [-0.05, 0) is 42.3 Å². The Morgan fingerprint density at radius 2 is 1.75 bits per heavy atom. The van der Waals surface area contributed by atoms with Crippen molar-refractivity contribution >= 4 is 5.96 Å². The summed E-state index contributed by atoms with van der Waals surface area (Å²) in [5, 5.41) is 16.9. The van der Waals surface area contributed by atoms with E-state index in [1.807, 2.05) is 19.1 Å². The number of hydrogen-bond acceptors (Lipinski definition) is 5. The van der Waals surface area contributed by atoms with Crippen LogP contribution in [-0.2, 0) is 4.74 Å². The van der Waals surface area contributed by atoms with Gasteiger partial charge in [0.1, 0.15) is 11.6 Å². The van der Waals surface area contributed by atoms with Gasteiger partial charge in [-0.1, -0.05) is 24.3 Å². The van der Waals surface area contributed by atoms with Gasteiger partial charge < -0.3 is 25.2 Å². The summed E-state index contributed by atoms with van der Waals surface area (Å²) in [5.41, 5.74) is 1.82. The highest BCUT2D eigenvalue weighted by molar-refractivity contribution is 5.79. The number of aliphatic imine (C=N–C) groups is 1. The lowest BCUT2D eigenvalue weighted by Gasteiger charge is -2.34. The van der Waals surface area contributed by atoms with Crippen molar-refractivity contribution in [1.29, 1.82) is 0 Å². The normalized spacial score (nSPS) is 16.9. The second-order valence-corrected chi connectivity index (χ2v) is 7.61. The van der Waals surface area contributed by atoms with Crippen LogP contribution in [0.2, 0.25) is 0 Å². The zero-order valence-corrected chi connectivity index (χ0v) is 18.8. The Bertz CT molecular complexity index is 839. The maximum absolute atomic E-state index is 13.1. The fourth-order valence-corrected chi connectivity index (χ4v) is 3.66. The van der Waals surface area contributed by atoms with E-state index in [2.05, 4.69) is 27.7 Å². The minimum atomic E-state index is -0.768. The number of morpholine rings is 1. The minimum Gasteiger partial charge on any atom is -0.497 e. The second kappa shape index (κ2) is 12.4. The van der Waals surface area contributed by atoms with Crippen LogP contribution in [0.3, 0.4) is 0 Å². The molecule has 0 amide bonds. The fourth-order valence-electron chi connectivity index (χ4n) is 3.66. The van der Waals surface area contributed by atoms with Gasteiger partial charge in [-0.15, -0.1) is 0 Å². The topological polar surface area (TPSA) is 78.4 Å². The van der Waals surface area contributed by atoms with Crippen LogP contribution < -0.4 is 15.4 Å². The van der Waals surface area contributed by atoms with E-state index in [1.165, 1.54) is 17.7 Å². The average Bonchev–Trinajstić information content (AvgIpc) is 2.84. The van der Waals surface area contributed by atoms with Crippen LogP contribution in [-0.4, -0.2) is 69.0 Å². The first-order valence-electron chi connectivity index (χ1n) is 11.0. The van der Waals surface area contributed by atoms with Crippen molar-refractivity contribution in [3.63, 3.8) is 0 Å². The Balaban J connectivity index is 1.69. The van der Waals surface area contributed by atoms with Gasteiger partial charge in [-0.3, -0.25) is 9.89 Å². The summed E-state index contributed by atoms with van der Waals surface area (Å²) in [4.78, 5) is 7.18. The Hall–Kier alpha value is -2.68. The highest BCUT2D eigenvalue weighted by atomic mass is 19.1. The van der Waals surface area contributed by atoms with Crippen molar-refractivity contribution in [2.75, 3.05) is 53.0 Å². The second-order valence-electron chi connectivity index (χ2n) is 7.61. The molecule has 2 atom stereocenters. The van der Waals surface area contributed by atoms with E-state index >= 15 is 0 Å². The lowest BCUT2D eigenvalue weighted by molar-refractivity contribution is 0.0179. The van der Waals surface area contributed by atoms with Gasteiger partial charge >= 0.3 is 0 Å². The molecule has 0 radical (unpaired) electrons. The molecule has 1 fully saturated rings. The summed E-state index contributed by atoms with van der Waals surface area (Å²) < 4.78 is 24.0. The van der Waals surface area contributed by atoms with Crippen LogP contribution in [0.1, 0.15) is 30.2 Å². The standard InChI is InChI=1S/C24H33FN4O3/c1-3-26-24(28-17-23(30)19-4-8-20(25)9-5-19)27-16-22(29-12-14-32-15-13-29)18-6-10-21(31-2)11-7-18/h4-11,22-23,30H,3,12-17H2,1-2H3,(H2,26,27,28). The fraction of sp³-hybridized carbons (Fsp3) is 0.458. The van der Waals surface area contributed by atoms with E-state index in [9.17, 15) is 9.50 Å². The number of methoxy groups -OCH3 is 1. The average molecular weight is 445 g/mol. The van der Waals surface area contributed by atoms with E-state index in [-0.39, 0.29) is 18.4 Å². The molecule has 32 heavy (non-hydrogen) atoms. The molecule has 1 aliphatic heterocycles. The van der Waals surface area contributed by atoms with E-state index in [0.717, 1.165) is 18.8 Å². The predicted octanol–water partition coefficient (Wildman–Crippen LogP) is 2.50.